The molecule has 4 heteroatoms. The summed E-state index contributed by atoms with van der Waals surface area (Å²) in [4.78, 5) is 15.0. The second-order valence-corrected chi connectivity index (χ2v) is 8.17. The van der Waals surface area contributed by atoms with Crippen LogP contribution in [0, 0.1) is 5.41 Å². The smallest absolute Gasteiger partial charge is 0.223 e. The largest absolute Gasteiger partial charge is 0.497 e. The van der Waals surface area contributed by atoms with Gasteiger partial charge in [0.25, 0.3) is 0 Å². The number of fused-ring (bicyclic) bond motifs is 1. The molecule has 1 aromatic carbocycles. The van der Waals surface area contributed by atoms with Gasteiger partial charge in [0.1, 0.15) is 5.75 Å². The minimum atomic E-state index is 0.356. The van der Waals surface area contributed by atoms with E-state index in [1.165, 1.54) is 36.8 Å². The van der Waals surface area contributed by atoms with Gasteiger partial charge in [0, 0.05) is 26.1 Å². The molecular weight excluding hydrogens is 312 g/mol. The Balaban J connectivity index is 1.39. The first kappa shape index (κ1) is 16.9. The highest BCUT2D eigenvalue weighted by atomic mass is 16.5. The van der Waals surface area contributed by atoms with Gasteiger partial charge >= 0.3 is 0 Å². The van der Waals surface area contributed by atoms with Gasteiger partial charge in [0.15, 0.2) is 0 Å². The molecule has 1 N–H and O–H groups in total. The van der Waals surface area contributed by atoms with E-state index >= 15 is 0 Å². The Morgan fingerprint density at radius 3 is 2.88 bits per heavy atom. The lowest BCUT2D eigenvalue weighted by atomic mass is 9.77. The quantitative estimate of drug-likeness (QED) is 0.918. The SMILES string of the molecule is COc1ccc2c(c1)CCCC2CC(=O)N1CCC2(CCNC2)CC1. The van der Waals surface area contributed by atoms with Gasteiger partial charge in [-0.3, -0.25) is 4.79 Å². The fourth-order valence-corrected chi connectivity index (χ4v) is 5.02. The van der Waals surface area contributed by atoms with Gasteiger partial charge in [0.2, 0.25) is 5.91 Å². The maximum Gasteiger partial charge on any atom is 0.223 e. The third kappa shape index (κ3) is 3.41. The Morgan fingerprint density at radius 1 is 1.32 bits per heavy atom. The van der Waals surface area contributed by atoms with E-state index in [0.29, 0.717) is 23.7 Å². The van der Waals surface area contributed by atoms with Crippen LogP contribution < -0.4 is 10.1 Å². The van der Waals surface area contributed by atoms with E-state index in [9.17, 15) is 4.79 Å². The molecule has 1 aliphatic carbocycles. The summed E-state index contributed by atoms with van der Waals surface area (Å²) < 4.78 is 5.36. The molecule has 4 rings (SSSR count). The zero-order valence-corrected chi connectivity index (χ0v) is 15.4. The van der Waals surface area contributed by atoms with Crippen LogP contribution in [0.3, 0.4) is 0 Å². The zero-order valence-electron chi connectivity index (χ0n) is 15.4. The highest BCUT2D eigenvalue weighted by Crippen LogP contribution is 2.39. The zero-order chi connectivity index (χ0) is 17.3. The average molecular weight is 342 g/mol. The van der Waals surface area contributed by atoms with E-state index in [2.05, 4.69) is 22.3 Å². The van der Waals surface area contributed by atoms with Gasteiger partial charge in [-0.1, -0.05) is 6.07 Å². The summed E-state index contributed by atoms with van der Waals surface area (Å²) in [5, 5.41) is 3.50. The fourth-order valence-electron chi connectivity index (χ4n) is 5.02. The first-order valence-corrected chi connectivity index (χ1v) is 9.84. The fraction of sp³-hybridized carbons (Fsp3) is 0.667. The van der Waals surface area contributed by atoms with E-state index in [0.717, 1.165) is 44.8 Å². The molecule has 3 aliphatic rings. The number of ether oxygens (including phenoxy) is 1. The summed E-state index contributed by atoms with van der Waals surface area (Å²) in [6.45, 7) is 4.19. The van der Waals surface area contributed by atoms with Crippen molar-refractivity contribution in [1.82, 2.24) is 10.2 Å². The predicted molar refractivity (Wildman–Crippen MR) is 99.0 cm³/mol. The lowest BCUT2D eigenvalue weighted by Gasteiger charge is -2.39. The summed E-state index contributed by atoms with van der Waals surface area (Å²) in [5.41, 5.74) is 3.22. The molecule has 2 aliphatic heterocycles. The van der Waals surface area contributed by atoms with Crippen LogP contribution in [0.5, 0.6) is 5.75 Å². The van der Waals surface area contributed by atoms with Gasteiger partial charge in [-0.05, 0) is 79.7 Å². The maximum atomic E-state index is 12.9. The van der Waals surface area contributed by atoms with Gasteiger partial charge < -0.3 is 15.0 Å². The minimum absolute atomic E-state index is 0.356. The number of aryl methyl sites for hydroxylation is 1. The number of hydrogen-bond acceptors (Lipinski definition) is 3. The van der Waals surface area contributed by atoms with Gasteiger partial charge in [-0.15, -0.1) is 0 Å². The van der Waals surface area contributed by atoms with Crippen LogP contribution >= 0.6 is 0 Å². The highest BCUT2D eigenvalue weighted by Gasteiger charge is 2.38. The first-order valence-electron chi connectivity index (χ1n) is 9.84. The number of nitrogens with zero attached hydrogens (tertiary/aromatic N) is 1. The van der Waals surface area contributed by atoms with Crippen molar-refractivity contribution in [2.45, 2.75) is 50.9 Å². The number of rotatable bonds is 3. The topological polar surface area (TPSA) is 41.6 Å². The third-order valence-electron chi connectivity index (χ3n) is 6.72. The van der Waals surface area contributed by atoms with Gasteiger partial charge in [-0.25, -0.2) is 0 Å². The molecule has 1 unspecified atom stereocenters. The molecule has 136 valence electrons. The van der Waals surface area contributed by atoms with Gasteiger partial charge in [0.05, 0.1) is 7.11 Å². The molecule has 1 amide bonds. The molecule has 2 heterocycles. The second kappa shape index (κ2) is 6.99. The average Bonchev–Trinajstić information content (AvgIpc) is 3.10. The van der Waals surface area contributed by atoms with E-state index in [4.69, 9.17) is 4.74 Å². The van der Waals surface area contributed by atoms with Gasteiger partial charge in [-0.2, -0.15) is 0 Å². The molecule has 4 nitrogen and oxygen atoms in total. The Hall–Kier alpha value is -1.55. The summed E-state index contributed by atoms with van der Waals surface area (Å²) in [5.74, 6) is 1.66. The standard InChI is InChI=1S/C21H30N2O2/c1-25-18-5-6-19-16(13-18)3-2-4-17(19)14-20(24)23-11-8-21(9-12-23)7-10-22-15-21/h5-6,13,17,22H,2-4,7-12,14-15H2,1H3. The normalized spacial score (nSPS) is 25.0. The Kier molecular flexibility index (Phi) is 4.72. The van der Waals surface area contributed by atoms with Crippen LogP contribution in [-0.2, 0) is 11.2 Å². The third-order valence-corrected chi connectivity index (χ3v) is 6.72. The van der Waals surface area contributed by atoms with Crippen molar-refractivity contribution in [2.24, 2.45) is 5.41 Å². The molecule has 2 fully saturated rings. The molecule has 1 atom stereocenters. The number of piperidine rings is 1. The van der Waals surface area contributed by atoms with E-state index in [-0.39, 0.29) is 0 Å². The van der Waals surface area contributed by atoms with Crippen molar-refractivity contribution >= 4 is 5.91 Å². The van der Waals surface area contributed by atoms with E-state index in [1.54, 1.807) is 7.11 Å². The van der Waals surface area contributed by atoms with E-state index < -0.39 is 0 Å². The molecule has 0 bridgehead atoms. The van der Waals surface area contributed by atoms with Crippen molar-refractivity contribution < 1.29 is 9.53 Å². The van der Waals surface area contributed by atoms with Crippen LogP contribution in [0.25, 0.3) is 0 Å². The number of benzene rings is 1. The number of likely N-dealkylation sites (tertiary alicyclic amines) is 1. The van der Waals surface area contributed by atoms with Crippen LogP contribution in [0.15, 0.2) is 18.2 Å². The molecule has 25 heavy (non-hydrogen) atoms. The number of methoxy groups -OCH3 is 1. The van der Waals surface area contributed by atoms with Crippen LogP contribution in [0.2, 0.25) is 0 Å². The van der Waals surface area contributed by atoms with Crippen LogP contribution in [-0.4, -0.2) is 44.1 Å². The molecule has 0 aromatic heterocycles. The molecule has 1 aromatic rings. The minimum Gasteiger partial charge on any atom is -0.497 e. The second-order valence-electron chi connectivity index (χ2n) is 8.17. The molecule has 0 saturated carbocycles. The lowest BCUT2D eigenvalue weighted by Crippen LogP contribution is -2.44. The highest BCUT2D eigenvalue weighted by molar-refractivity contribution is 5.77. The van der Waals surface area contributed by atoms with Crippen molar-refractivity contribution in [3.05, 3.63) is 29.3 Å². The van der Waals surface area contributed by atoms with Crippen LogP contribution in [0.4, 0.5) is 0 Å². The Bertz CT molecular complexity index is 627. The predicted octanol–water partition coefficient (Wildman–Crippen LogP) is 3.11. The Morgan fingerprint density at radius 2 is 2.16 bits per heavy atom. The van der Waals surface area contributed by atoms with Crippen molar-refractivity contribution in [3.8, 4) is 5.75 Å². The first-order chi connectivity index (χ1) is 12.2. The van der Waals surface area contributed by atoms with Crippen molar-refractivity contribution in [2.75, 3.05) is 33.3 Å². The van der Waals surface area contributed by atoms with E-state index in [1.807, 2.05) is 6.07 Å². The summed E-state index contributed by atoms with van der Waals surface area (Å²) in [6.07, 6.45) is 7.71. The monoisotopic (exact) mass is 342 g/mol. The maximum absolute atomic E-state index is 12.9. The molecule has 0 radical (unpaired) electrons. The number of amides is 1. The number of hydrogen-bond donors (Lipinski definition) is 1. The lowest BCUT2D eigenvalue weighted by molar-refractivity contribution is -0.133. The Labute approximate surface area is 150 Å². The molecular formula is C21H30N2O2. The van der Waals surface area contributed by atoms with Crippen LogP contribution in [0.1, 0.15) is 55.6 Å². The molecule has 2 saturated heterocycles. The number of nitrogens with one attached hydrogen (secondary N) is 1. The summed E-state index contributed by atoms with van der Waals surface area (Å²) in [6, 6.07) is 6.38. The van der Waals surface area contributed by atoms with Crippen molar-refractivity contribution in [3.63, 3.8) is 0 Å². The number of carbonyl (C=O) groups is 1. The van der Waals surface area contributed by atoms with Crippen molar-refractivity contribution in [1.29, 1.82) is 0 Å². The summed E-state index contributed by atoms with van der Waals surface area (Å²) in [7, 11) is 1.72. The summed E-state index contributed by atoms with van der Waals surface area (Å²) >= 11 is 0. The number of carbonyl (C=O) groups excluding carboxylic acids is 1. The molecule has 1 spiro atoms.